The van der Waals surface area contributed by atoms with Gasteiger partial charge in [0.15, 0.2) is 0 Å². The van der Waals surface area contributed by atoms with Gasteiger partial charge >= 0.3 is 0 Å². The summed E-state index contributed by atoms with van der Waals surface area (Å²) in [6, 6.07) is 5.92. The van der Waals surface area contributed by atoms with Crippen LogP contribution in [0.1, 0.15) is 12.8 Å². The summed E-state index contributed by atoms with van der Waals surface area (Å²) in [7, 11) is -1.67. The SMILES string of the molecule is CNC1CCN(S(=O)(=O)c2ccc(OCC(F)F)cc2)CC1.Cl. The number of hydrogen-bond donors (Lipinski definition) is 1. The summed E-state index contributed by atoms with van der Waals surface area (Å²) in [6.45, 7) is 0.235. The molecule has 9 heteroatoms. The van der Waals surface area contributed by atoms with Gasteiger partial charge in [0, 0.05) is 19.1 Å². The molecule has 0 amide bonds. The van der Waals surface area contributed by atoms with Crippen LogP contribution in [0.3, 0.4) is 0 Å². The number of nitrogens with one attached hydrogen (secondary N) is 1. The second kappa shape index (κ2) is 8.77. The van der Waals surface area contributed by atoms with Gasteiger partial charge in [-0.2, -0.15) is 4.31 Å². The highest BCUT2D eigenvalue weighted by molar-refractivity contribution is 7.89. The molecule has 1 heterocycles. The second-order valence-corrected chi connectivity index (χ2v) is 7.08. The van der Waals surface area contributed by atoms with Crippen molar-refractivity contribution in [3.63, 3.8) is 0 Å². The lowest BCUT2D eigenvalue weighted by molar-refractivity contribution is 0.0819. The van der Waals surface area contributed by atoms with Crippen LogP contribution in [0.25, 0.3) is 0 Å². The molecule has 0 saturated carbocycles. The number of nitrogens with zero attached hydrogens (tertiary/aromatic N) is 1. The smallest absolute Gasteiger partial charge is 0.272 e. The monoisotopic (exact) mass is 370 g/mol. The van der Waals surface area contributed by atoms with Gasteiger partial charge in [-0.05, 0) is 44.2 Å². The van der Waals surface area contributed by atoms with E-state index in [2.05, 4.69) is 5.32 Å². The van der Waals surface area contributed by atoms with E-state index in [1.165, 1.54) is 28.6 Å². The van der Waals surface area contributed by atoms with Crippen LogP contribution in [0.2, 0.25) is 0 Å². The minimum Gasteiger partial charge on any atom is -0.488 e. The van der Waals surface area contributed by atoms with Crippen LogP contribution >= 0.6 is 12.4 Å². The fourth-order valence-corrected chi connectivity index (χ4v) is 3.87. The highest BCUT2D eigenvalue weighted by Gasteiger charge is 2.28. The molecule has 23 heavy (non-hydrogen) atoms. The number of piperidine rings is 1. The highest BCUT2D eigenvalue weighted by Crippen LogP contribution is 2.23. The maximum Gasteiger partial charge on any atom is 0.272 e. The number of alkyl halides is 2. The van der Waals surface area contributed by atoms with Crippen molar-refractivity contribution >= 4 is 22.4 Å². The van der Waals surface area contributed by atoms with Gasteiger partial charge in [0.05, 0.1) is 4.90 Å². The third-order valence-corrected chi connectivity index (χ3v) is 5.61. The molecule has 1 aromatic carbocycles. The van der Waals surface area contributed by atoms with E-state index in [1.54, 1.807) is 0 Å². The summed E-state index contributed by atoms with van der Waals surface area (Å²) >= 11 is 0. The van der Waals surface area contributed by atoms with Crippen molar-refractivity contribution in [2.24, 2.45) is 0 Å². The minimum atomic E-state index is -3.54. The molecular weight excluding hydrogens is 350 g/mol. The molecule has 5 nitrogen and oxygen atoms in total. The summed E-state index contributed by atoms with van der Waals surface area (Å²) in [5, 5.41) is 3.15. The standard InChI is InChI=1S/C14H20F2N2O3S.ClH/c1-17-11-6-8-18(9-7-11)22(19,20)13-4-2-12(3-5-13)21-10-14(15)16;/h2-5,11,14,17H,6-10H2,1H3;1H. The van der Waals surface area contributed by atoms with Crippen molar-refractivity contribution in [2.75, 3.05) is 26.7 Å². The van der Waals surface area contributed by atoms with E-state index in [-0.39, 0.29) is 23.1 Å². The third kappa shape index (κ3) is 5.27. The molecular formula is C14H21ClF2N2O3S. The first-order chi connectivity index (χ1) is 10.4. The first-order valence-corrected chi connectivity index (χ1v) is 8.56. The van der Waals surface area contributed by atoms with Crippen LogP contribution in [0.15, 0.2) is 29.2 Å². The molecule has 1 aliphatic rings. The van der Waals surface area contributed by atoms with Gasteiger partial charge in [-0.25, -0.2) is 17.2 Å². The Morgan fingerprint density at radius 2 is 1.83 bits per heavy atom. The average Bonchev–Trinajstić information content (AvgIpc) is 2.53. The quantitative estimate of drug-likeness (QED) is 0.833. The number of ether oxygens (including phenoxy) is 1. The van der Waals surface area contributed by atoms with Crippen molar-refractivity contribution in [2.45, 2.75) is 30.2 Å². The highest BCUT2D eigenvalue weighted by atomic mass is 35.5. The molecule has 1 aromatic rings. The molecule has 0 radical (unpaired) electrons. The number of hydrogen-bond acceptors (Lipinski definition) is 4. The van der Waals surface area contributed by atoms with E-state index >= 15 is 0 Å². The van der Waals surface area contributed by atoms with E-state index in [4.69, 9.17) is 4.74 Å². The summed E-state index contributed by atoms with van der Waals surface area (Å²) < 4.78 is 55.4. The zero-order valence-electron chi connectivity index (χ0n) is 12.7. The summed E-state index contributed by atoms with van der Waals surface area (Å²) in [4.78, 5) is 0.153. The predicted molar refractivity (Wildman–Crippen MR) is 86.0 cm³/mol. The normalized spacial score (nSPS) is 17.0. The Bertz CT molecular complexity index is 576. The Morgan fingerprint density at radius 3 is 2.30 bits per heavy atom. The Morgan fingerprint density at radius 1 is 1.26 bits per heavy atom. The average molecular weight is 371 g/mol. The van der Waals surface area contributed by atoms with Gasteiger partial charge in [-0.15, -0.1) is 12.4 Å². The van der Waals surface area contributed by atoms with E-state index in [0.29, 0.717) is 19.1 Å². The van der Waals surface area contributed by atoms with Gasteiger partial charge in [-0.3, -0.25) is 0 Å². The molecule has 132 valence electrons. The Balaban J connectivity index is 0.00000264. The topological polar surface area (TPSA) is 58.6 Å². The Kier molecular flexibility index (Phi) is 7.66. The minimum absolute atomic E-state index is 0. The lowest BCUT2D eigenvalue weighted by Crippen LogP contribution is -2.43. The number of rotatable bonds is 6. The summed E-state index contributed by atoms with van der Waals surface area (Å²) in [5.41, 5.74) is 0. The fourth-order valence-electron chi connectivity index (χ4n) is 2.40. The van der Waals surface area contributed by atoms with Crippen LogP contribution in [0, 0.1) is 0 Å². The lowest BCUT2D eigenvalue weighted by Gasteiger charge is -2.31. The van der Waals surface area contributed by atoms with Crippen LogP contribution < -0.4 is 10.1 Å². The molecule has 1 saturated heterocycles. The molecule has 0 aliphatic carbocycles. The number of sulfonamides is 1. The number of benzene rings is 1. The third-order valence-electron chi connectivity index (χ3n) is 3.70. The summed E-state index contributed by atoms with van der Waals surface area (Å²) in [5.74, 6) is 0.230. The molecule has 1 fully saturated rings. The molecule has 0 spiro atoms. The van der Waals surface area contributed by atoms with Crippen LogP contribution in [0.5, 0.6) is 5.75 Å². The molecule has 1 aliphatic heterocycles. The molecule has 0 bridgehead atoms. The maximum absolute atomic E-state index is 12.5. The van der Waals surface area contributed by atoms with E-state index < -0.39 is 23.1 Å². The maximum atomic E-state index is 12.5. The van der Waals surface area contributed by atoms with E-state index in [0.717, 1.165) is 12.8 Å². The van der Waals surface area contributed by atoms with E-state index in [1.807, 2.05) is 7.05 Å². The lowest BCUT2D eigenvalue weighted by atomic mass is 10.1. The Labute approximate surface area is 141 Å². The first-order valence-electron chi connectivity index (χ1n) is 7.12. The van der Waals surface area contributed by atoms with Crippen LogP contribution in [0.4, 0.5) is 8.78 Å². The van der Waals surface area contributed by atoms with Gasteiger partial charge in [0.1, 0.15) is 12.4 Å². The molecule has 0 atom stereocenters. The number of halogens is 3. The van der Waals surface area contributed by atoms with Crippen molar-refractivity contribution < 1.29 is 21.9 Å². The van der Waals surface area contributed by atoms with Crippen molar-refractivity contribution in [1.82, 2.24) is 9.62 Å². The van der Waals surface area contributed by atoms with Crippen LogP contribution in [-0.4, -0.2) is 51.9 Å². The molecule has 2 rings (SSSR count). The Hall–Kier alpha value is -0.960. The van der Waals surface area contributed by atoms with E-state index in [9.17, 15) is 17.2 Å². The van der Waals surface area contributed by atoms with Gasteiger partial charge in [0.2, 0.25) is 10.0 Å². The predicted octanol–water partition coefficient (Wildman–Crippen LogP) is 2.12. The van der Waals surface area contributed by atoms with Gasteiger partial charge in [-0.1, -0.05) is 0 Å². The molecule has 0 aromatic heterocycles. The fraction of sp³-hybridized carbons (Fsp3) is 0.571. The zero-order valence-corrected chi connectivity index (χ0v) is 14.4. The zero-order chi connectivity index (χ0) is 16.2. The van der Waals surface area contributed by atoms with Crippen molar-refractivity contribution in [3.05, 3.63) is 24.3 Å². The van der Waals surface area contributed by atoms with Crippen molar-refractivity contribution in [1.29, 1.82) is 0 Å². The summed E-state index contributed by atoms with van der Waals surface area (Å²) in [6.07, 6.45) is -1.02. The molecule has 1 N–H and O–H groups in total. The largest absolute Gasteiger partial charge is 0.488 e. The molecule has 0 unspecified atom stereocenters. The van der Waals surface area contributed by atoms with Crippen LogP contribution in [-0.2, 0) is 10.0 Å². The van der Waals surface area contributed by atoms with Crippen molar-refractivity contribution in [3.8, 4) is 5.75 Å². The van der Waals surface area contributed by atoms with Gasteiger partial charge < -0.3 is 10.1 Å². The van der Waals surface area contributed by atoms with Gasteiger partial charge in [0.25, 0.3) is 6.43 Å². The first kappa shape index (κ1) is 20.1. The second-order valence-electron chi connectivity index (χ2n) is 5.14.